The third kappa shape index (κ3) is 2.63. The number of nitrogens with one attached hydrogen (secondary N) is 1. The number of aliphatic hydroxyl groups is 1. The van der Waals surface area contributed by atoms with Crippen LogP contribution in [0.25, 0.3) is 10.2 Å². The molecule has 6 N–H and O–H groups in total. The standard InChI is InChI=1S/C10H12N4O2S/c11-5-1-2-6-8(3-5)17-10(14-6)13-4-7(15)9(12)16/h1-3,7,15H,4,11H2,(H2,12,16)(H,13,14). The zero-order valence-electron chi connectivity index (χ0n) is 8.88. The summed E-state index contributed by atoms with van der Waals surface area (Å²) in [6, 6.07) is 5.41. The number of fused-ring (bicyclic) bond motifs is 1. The number of thiazole rings is 1. The second kappa shape index (κ2) is 4.56. The van der Waals surface area contributed by atoms with Gasteiger partial charge in [0.15, 0.2) is 5.13 Å². The Labute approximate surface area is 101 Å². The molecule has 7 heteroatoms. The van der Waals surface area contributed by atoms with E-state index in [2.05, 4.69) is 10.3 Å². The maximum absolute atomic E-state index is 10.6. The van der Waals surface area contributed by atoms with Gasteiger partial charge in [0.2, 0.25) is 5.91 Å². The number of aliphatic hydroxyl groups excluding tert-OH is 1. The largest absolute Gasteiger partial charge is 0.399 e. The van der Waals surface area contributed by atoms with Crippen molar-refractivity contribution < 1.29 is 9.90 Å². The summed E-state index contributed by atoms with van der Waals surface area (Å²) in [4.78, 5) is 14.9. The smallest absolute Gasteiger partial charge is 0.248 e. The monoisotopic (exact) mass is 252 g/mol. The summed E-state index contributed by atoms with van der Waals surface area (Å²) < 4.78 is 0.945. The highest BCUT2D eigenvalue weighted by molar-refractivity contribution is 7.22. The van der Waals surface area contributed by atoms with E-state index in [1.807, 2.05) is 12.1 Å². The van der Waals surface area contributed by atoms with Gasteiger partial charge < -0.3 is 21.9 Å². The predicted molar refractivity (Wildman–Crippen MR) is 67.7 cm³/mol. The highest BCUT2D eigenvalue weighted by Crippen LogP contribution is 2.27. The number of nitrogens with two attached hydrogens (primary N) is 2. The highest BCUT2D eigenvalue weighted by Gasteiger charge is 2.11. The Morgan fingerprint density at radius 2 is 2.35 bits per heavy atom. The molecule has 0 saturated heterocycles. The van der Waals surface area contributed by atoms with Crippen molar-refractivity contribution >= 4 is 38.3 Å². The van der Waals surface area contributed by atoms with Gasteiger partial charge in [0, 0.05) is 5.69 Å². The average Bonchev–Trinajstić information content (AvgIpc) is 2.67. The first kappa shape index (κ1) is 11.6. The molecule has 0 bridgehead atoms. The first-order valence-electron chi connectivity index (χ1n) is 4.93. The number of rotatable bonds is 4. The van der Waals surface area contributed by atoms with Crippen LogP contribution in [0.1, 0.15) is 0 Å². The number of anilines is 2. The lowest BCUT2D eigenvalue weighted by Crippen LogP contribution is -2.34. The number of hydrogen-bond acceptors (Lipinski definition) is 6. The summed E-state index contributed by atoms with van der Waals surface area (Å²) in [7, 11) is 0. The fourth-order valence-electron chi connectivity index (χ4n) is 1.30. The fourth-order valence-corrected chi connectivity index (χ4v) is 2.22. The van der Waals surface area contributed by atoms with Crippen LogP contribution < -0.4 is 16.8 Å². The first-order valence-corrected chi connectivity index (χ1v) is 5.75. The maximum atomic E-state index is 10.6. The topological polar surface area (TPSA) is 114 Å². The minimum absolute atomic E-state index is 0.0463. The van der Waals surface area contributed by atoms with Crippen molar-refractivity contribution in [1.82, 2.24) is 4.98 Å². The molecular weight excluding hydrogens is 240 g/mol. The van der Waals surface area contributed by atoms with Gasteiger partial charge in [0.1, 0.15) is 6.10 Å². The lowest BCUT2D eigenvalue weighted by molar-refractivity contribution is -0.125. The summed E-state index contributed by atoms with van der Waals surface area (Å²) in [5.74, 6) is -0.761. The number of primary amides is 1. The normalized spacial score (nSPS) is 12.5. The first-order chi connectivity index (χ1) is 8.06. The van der Waals surface area contributed by atoms with Crippen molar-refractivity contribution in [2.24, 2.45) is 5.73 Å². The van der Waals surface area contributed by atoms with Crippen LogP contribution in [0.2, 0.25) is 0 Å². The molecule has 0 spiro atoms. The van der Waals surface area contributed by atoms with Gasteiger partial charge >= 0.3 is 0 Å². The van der Waals surface area contributed by atoms with Crippen LogP contribution in [0.4, 0.5) is 10.8 Å². The molecule has 0 aliphatic heterocycles. The Kier molecular flexibility index (Phi) is 3.12. The molecule has 6 nitrogen and oxygen atoms in total. The van der Waals surface area contributed by atoms with Crippen LogP contribution in [0.3, 0.4) is 0 Å². The van der Waals surface area contributed by atoms with Crippen molar-refractivity contribution in [3.05, 3.63) is 18.2 Å². The molecule has 2 aromatic rings. The molecule has 2 rings (SSSR count). The van der Waals surface area contributed by atoms with Gasteiger partial charge in [-0.1, -0.05) is 11.3 Å². The summed E-state index contributed by atoms with van der Waals surface area (Å²) in [5.41, 5.74) is 12.1. The van der Waals surface area contributed by atoms with Crippen LogP contribution in [-0.2, 0) is 4.79 Å². The molecule has 1 aromatic carbocycles. The highest BCUT2D eigenvalue weighted by atomic mass is 32.1. The molecule has 0 radical (unpaired) electrons. The van der Waals surface area contributed by atoms with Gasteiger partial charge in [0.05, 0.1) is 16.8 Å². The van der Waals surface area contributed by atoms with E-state index in [1.165, 1.54) is 11.3 Å². The van der Waals surface area contributed by atoms with Crippen molar-refractivity contribution in [3.8, 4) is 0 Å². The Bertz CT molecular complexity index is 554. The van der Waals surface area contributed by atoms with E-state index in [4.69, 9.17) is 11.5 Å². The van der Waals surface area contributed by atoms with Crippen molar-refractivity contribution in [3.63, 3.8) is 0 Å². The number of nitrogens with zero attached hydrogens (tertiary/aromatic N) is 1. The lowest BCUT2D eigenvalue weighted by atomic mass is 10.3. The Morgan fingerprint density at radius 1 is 1.59 bits per heavy atom. The molecule has 1 atom stereocenters. The van der Waals surface area contributed by atoms with Gasteiger partial charge in [-0.05, 0) is 18.2 Å². The lowest BCUT2D eigenvalue weighted by Gasteiger charge is -2.05. The van der Waals surface area contributed by atoms with E-state index < -0.39 is 12.0 Å². The zero-order valence-corrected chi connectivity index (χ0v) is 9.70. The Morgan fingerprint density at radius 3 is 3.06 bits per heavy atom. The molecule has 1 amide bonds. The predicted octanol–water partition coefficient (Wildman–Crippen LogP) is 0.137. The van der Waals surface area contributed by atoms with Gasteiger partial charge in [-0.25, -0.2) is 4.98 Å². The van der Waals surface area contributed by atoms with Crippen LogP contribution in [0.5, 0.6) is 0 Å². The van der Waals surface area contributed by atoms with Crippen LogP contribution in [0, 0.1) is 0 Å². The summed E-state index contributed by atoms with van der Waals surface area (Å²) in [6.45, 7) is 0.0463. The van der Waals surface area contributed by atoms with E-state index >= 15 is 0 Å². The van der Waals surface area contributed by atoms with Crippen LogP contribution >= 0.6 is 11.3 Å². The summed E-state index contributed by atoms with van der Waals surface area (Å²) in [5, 5.41) is 12.7. The van der Waals surface area contributed by atoms with E-state index in [1.54, 1.807) is 6.07 Å². The molecule has 1 unspecified atom stereocenters. The number of carbonyl (C=O) groups is 1. The molecule has 0 aliphatic rings. The minimum atomic E-state index is -1.22. The van der Waals surface area contributed by atoms with E-state index in [9.17, 15) is 9.90 Å². The number of benzene rings is 1. The molecule has 0 aliphatic carbocycles. The molecular formula is C10H12N4O2S. The van der Waals surface area contributed by atoms with E-state index in [0.717, 1.165) is 10.2 Å². The molecule has 1 heterocycles. The SMILES string of the molecule is NC(=O)C(O)CNc1nc2ccc(N)cc2s1. The second-order valence-corrected chi connectivity index (χ2v) is 4.58. The van der Waals surface area contributed by atoms with Crippen molar-refractivity contribution in [1.29, 1.82) is 0 Å². The summed E-state index contributed by atoms with van der Waals surface area (Å²) >= 11 is 1.40. The van der Waals surface area contributed by atoms with Gasteiger partial charge in [0.25, 0.3) is 0 Å². The zero-order chi connectivity index (χ0) is 12.4. The number of carbonyl (C=O) groups excluding carboxylic acids is 1. The average molecular weight is 252 g/mol. The van der Waals surface area contributed by atoms with E-state index in [0.29, 0.717) is 10.8 Å². The van der Waals surface area contributed by atoms with Gasteiger partial charge in [-0.3, -0.25) is 4.79 Å². The van der Waals surface area contributed by atoms with Crippen molar-refractivity contribution in [2.45, 2.75) is 6.10 Å². The summed E-state index contributed by atoms with van der Waals surface area (Å²) in [6.07, 6.45) is -1.22. The Balaban J connectivity index is 2.12. The minimum Gasteiger partial charge on any atom is -0.399 e. The van der Waals surface area contributed by atoms with Crippen molar-refractivity contribution in [2.75, 3.05) is 17.6 Å². The maximum Gasteiger partial charge on any atom is 0.248 e. The van der Waals surface area contributed by atoms with Crippen LogP contribution in [0.15, 0.2) is 18.2 Å². The molecule has 0 saturated carbocycles. The van der Waals surface area contributed by atoms with Gasteiger partial charge in [-0.15, -0.1) is 0 Å². The third-order valence-electron chi connectivity index (χ3n) is 2.19. The number of aromatic nitrogens is 1. The van der Waals surface area contributed by atoms with E-state index in [-0.39, 0.29) is 6.54 Å². The molecule has 17 heavy (non-hydrogen) atoms. The Hall–Kier alpha value is -1.86. The van der Waals surface area contributed by atoms with Crippen LogP contribution in [-0.4, -0.2) is 28.6 Å². The second-order valence-electron chi connectivity index (χ2n) is 3.55. The molecule has 1 aromatic heterocycles. The number of nitrogen functional groups attached to an aromatic ring is 1. The number of hydrogen-bond donors (Lipinski definition) is 4. The van der Waals surface area contributed by atoms with Gasteiger partial charge in [-0.2, -0.15) is 0 Å². The molecule has 90 valence electrons. The molecule has 0 fully saturated rings. The fraction of sp³-hybridized carbons (Fsp3) is 0.200. The number of amides is 1. The quantitative estimate of drug-likeness (QED) is 0.578. The third-order valence-corrected chi connectivity index (χ3v) is 3.16.